The summed E-state index contributed by atoms with van der Waals surface area (Å²) in [6, 6.07) is 15.0. The van der Waals surface area contributed by atoms with Gasteiger partial charge in [-0.15, -0.1) is 0 Å². The Balaban J connectivity index is 1.95. The minimum atomic E-state index is -0.801. The average Bonchev–Trinajstić information content (AvgIpc) is 2.58. The monoisotopic (exact) mass is 322 g/mol. The normalized spacial score (nSPS) is 16.5. The highest BCUT2D eigenvalue weighted by atomic mass is 16.7. The van der Waals surface area contributed by atoms with Crippen LogP contribution in [0.25, 0.3) is 21.5 Å². The van der Waals surface area contributed by atoms with E-state index in [0.29, 0.717) is 11.3 Å². The number of cyclic esters (lactones) is 1. The molecule has 0 aliphatic carbocycles. The van der Waals surface area contributed by atoms with Gasteiger partial charge in [0.1, 0.15) is 12.2 Å². The van der Waals surface area contributed by atoms with E-state index in [-0.39, 0.29) is 12.4 Å². The van der Waals surface area contributed by atoms with Gasteiger partial charge in [-0.05, 0) is 0 Å². The second-order valence-corrected chi connectivity index (χ2v) is 5.53. The van der Waals surface area contributed by atoms with Crippen LogP contribution in [0.3, 0.4) is 0 Å². The van der Waals surface area contributed by atoms with Crippen LogP contribution in [-0.4, -0.2) is 25.3 Å². The summed E-state index contributed by atoms with van der Waals surface area (Å²) in [6.45, 7) is 0. The maximum atomic E-state index is 12.7. The Labute approximate surface area is 137 Å². The summed E-state index contributed by atoms with van der Waals surface area (Å²) in [5.74, 6) is -0.160. The van der Waals surface area contributed by atoms with Gasteiger partial charge in [0, 0.05) is 21.5 Å². The van der Waals surface area contributed by atoms with Gasteiger partial charge in [0.05, 0.1) is 12.7 Å². The largest absolute Gasteiger partial charge is 0.495 e. The number of benzene rings is 3. The molecule has 0 bridgehead atoms. The average molecular weight is 322 g/mol. The van der Waals surface area contributed by atoms with Crippen molar-refractivity contribution in [1.29, 1.82) is 0 Å². The van der Waals surface area contributed by atoms with Gasteiger partial charge in [0.15, 0.2) is 0 Å². The van der Waals surface area contributed by atoms with E-state index in [9.17, 15) is 9.59 Å². The van der Waals surface area contributed by atoms with Gasteiger partial charge < -0.3 is 14.2 Å². The SMILES string of the molecule is COc1c2ccccc2c(C(=O)OC2CC(=O)O2)c2ccccc12. The number of hydrogen-bond donors (Lipinski definition) is 0. The van der Waals surface area contributed by atoms with Gasteiger partial charge in [-0.2, -0.15) is 0 Å². The number of rotatable bonds is 3. The molecule has 4 rings (SSSR count). The van der Waals surface area contributed by atoms with Crippen molar-refractivity contribution in [3.8, 4) is 5.75 Å². The Kier molecular flexibility index (Phi) is 3.34. The van der Waals surface area contributed by atoms with Crippen LogP contribution in [-0.2, 0) is 14.3 Å². The second kappa shape index (κ2) is 5.53. The highest BCUT2D eigenvalue weighted by molar-refractivity contribution is 6.19. The summed E-state index contributed by atoms with van der Waals surface area (Å²) >= 11 is 0. The number of methoxy groups -OCH3 is 1. The van der Waals surface area contributed by atoms with Crippen LogP contribution < -0.4 is 4.74 Å². The first-order valence-corrected chi connectivity index (χ1v) is 7.57. The third kappa shape index (κ3) is 2.17. The Bertz CT molecular complexity index is 911. The maximum absolute atomic E-state index is 12.7. The summed E-state index contributed by atoms with van der Waals surface area (Å²) in [6.07, 6.45) is -0.706. The van der Waals surface area contributed by atoms with Gasteiger partial charge in [-0.1, -0.05) is 48.5 Å². The maximum Gasteiger partial charge on any atom is 0.342 e. The molecule has 0 spiro atoms. The van der Waals surface area contributed by atoms with Crippen molar-refractivity contribution in [2.75, 3.05) is 7.11 Å². The molecule has 1 aliphatic rings. The van der Waals surface area contributed by atoms with Crippen molar-refractivity contribution in [2.45, 2.75) is 12.7 Å². The number of carbonyl (C=O) groups is 2. The summed E-state index contributed by atoms with van der Waals surface area (Å²) < 4.78 is 15.7. The van der Waals surface area contributed by atoms with Gasteiger partial charge in [0.2, 0.25) is 0 Å². The lowest BCUT2D eigenvalue weighted by Gasteiger charge is -2.25. The number of fused-ring (bicyclic) bond motifs is 2. The Morgan fingerprint density at radius 3 is 1.96 bits per heavy atom. The molecule has 5 nitrogen and oxygen atoms in total. The van der Waals surface area contributed by atoms with E-state index in [0.717, 1.165) is 21.5 Å². The minimum Gasteiger partial charge on any atom is -0.495 e. The molecule has 1 unspecified atom stereocenters. The molecule has 5 heteroatoms. The number of hydrogen-bond acceptors (Lipinski definition) is 5. The molecule has 120 valence electrons. The predicted octanol–water partition coefficient (Wildman–Crippen LogP) is 3.43. The molecule has 1 saturated heterocycles. The summed E-state index contributed by atoms with van der Waals surface area (Å²) in [5.41, 5.74) is 0.449. The standard InChI is InChI=1S/C19H14O5/c1-22-18-13-8-4-2-6-11(13)17(12-7-3-5-9-14(12)18)19(21)24-16-10-15(20)23-16/h2-9,16H,10H2,1H3. The van der Waals surface area contributed by atoms with Gasteiger partial charge in [-0.3, -0.25) is 4.79 Å². The quantitative estimate of drug-likeness (QED) is 0.546. The van der Waals surface area contributed by atoms with Gasteiger partial charge >= 0.3 is 11.9 Å². The van der Waals surface area contributed by atoms with Gasteiger partial charge in [0.25, 0.3) is 6.29 Å². The molecule has 1 heterocycles. The fraction of sp³-hybridized carbons (Fsp3) is 0.158. The highest BCUT2D eigenvalue weighted by Crippen LogP contribution is 2.38. The molecule has 0 radical (unpaired) electrons. The van der Waals surface area contributed by atoms with E-state index in [1.807, 2.05) is 48.5 Å². The van der Waals surface area contributed by atoms with Gasteiger partial charge in [-0.25, -0.2) is 4.79 Å². The summed E-state index contributed by atoms with van der Waals surface area (Å²) in [4.78, 5) is 23.6. The van der Waals surface area contributed by atoms with Crippen molar-refractivity contribution >= 4 is 33.5 Å². The van der Waals surface area contributed by atoms with E-state index in [1.54, 1.807) is 7.11 Å². The zero-order chi connectivity index (χ0) is 16.7. The molecule has 1 aliphatic heterocycles. The van der Waals surface area contributed by atoms with Crippen molar-refractivity contribution < 1.29 is 23.8 Å². The first-order chi connectivity index (χ1) is 11.7. The summed E-state index contributed by atoms with van der Waals surface area (Å²) in [7, 11) is 1.61. The molecule has 1 fully saturated rings. The molecule has 3 aromatic rings. The van der Waals surface area contributed by atoms with E-state index in [4.69, 9.17) is 14.2 Å². The number of esters is 2. The Morgan fingerprint density at radius 2 is 1.50 bits per heavy atom. The lowest BCUT2D eigenvalue weighted by molar-refractivity contribution is -0.203. The van der Waals surface area contributed by atoms with Crippen molar-refractivity contribution in [2.24, 2.45) is 0 Å². The van der Waals surface area contributed by atoms with E-state index in [2.05, 4.69) is 0 Å². The van der Waals surface area contributed by atoms with Crippen LogP contribution in [0.15, 0.2) is 48.5 Å². The fourth-order valence-electron chi connectivity index (χ4n) is 3.05. The van der Waals surface area contributed by atoms with E-state index >= 15 is 0 Å². The molecule has 24 heavy (non-hydrogen) atoms. The van der Waals surface area contributed by atoms with Crippen LogP contribution in [0.5, 0.6) is 5.75 Å². The zero-order valence-electron chi connectivity index (χ0n) is 12.9. The molecule has 0 N–H and O–H groups in total. The van der Waals surface area contributed by atoms with Crippen molar-refractivity contribution in [3.63, 3.8) is 0 Å². The van der Waals surface area contributed by atoms with Crippen LogP contribution in [0, 0.1) is 0 Å². The smallest absolute Gasteiger partial charge is 0.342 e. The summed E-state index contributed by atoms with van der Waals surface area (Å²) in [5, 5.41) is 3.14. The van der Waals surface area contributed by atoms with Crippen LogP contribution in [0.2, 0.25) is 0 Å². The van der Waals surface area contributed by atoms with Crippen LogP contribution in [0.4, 0.5) is 0 Å². The fourth-order valence-corrected chi connectivity index (χ4v) is 3.05. The highest BCUT2D eigenvalue weighted by Gasteiger charge is 2.33. The molecule has 3 aromatic carbocycles. The molecule has 0 aromatic heterocycles. The van der Waals surface area contributed by atoms with Crippen LogP contribution in [0.1, 0.15) is 16.8 Å². The minimum absolute atomic E-state index is 0.0950. The molecule has 1 atom stereocenters. The molecular weight excluding hydrogens is 308 g/mol. The zero-order valence-corrected chi connectivity index (χ0v) is 12.9. The number of ether oxygens (including phenoxy) is 3. The predicted molar refractivity (Wildman–Crippen MR) is 87.9 cm³/mol. The third-order valence-corrected chi connectivity index (χ3v) is 4.13. The number of carbonyl (C=O) groups excluding carboxylic acids is 2. The first-order valence-electron chi connectivity index (χ1n) is 7.57. The Hall–Kier alpha value is -3.08. The Morgan fingerprint density at radius 1 is 1.00 bits per heavy atom. The lowest BCUT2D eigenvalue weighted by Crippen LogP contribution is -2.36. The first kappa shape index (κ1) is 14.5. The molecule has 0 saturated carbocycles. The second-order valence-electron chi connectivity index (χ2n) is 5.53. The van der Waals surface area contributed by atoms with Crippen molar-refractivity contribution in [1.82, 2.24) is 0 Å². The lowest BCUT2D eigenvalue weighted by atomic mass is 9.95. The van der Waals surface area contributed by atoms with Crippen molar-refractivity contribution in [3.05, 3.63) is 54.1 Å². The third-order valence-electron chi connectivity index (χ3n) is 4.13. The van der Waals surface area contributed by atoms with E-state index < -0.39 is 12.3 Å². The topological polar surface area (TPSA) is 61.8 Å². The van der Waals surface area contributed by atoms with Crippen LogP contribution >= 0.6 is 0 Å². The molecular formula is C19H14O5. The van der Waals surface area contributed by atoms with E-state index in [1.165, 1.54) is 0 Å². The molecule has 0 amide bonds.